The minimum Gasteiger partial charge on any atom is -0.486 e. The van der Waals surface area contributed by atoms with Crippen LogP contribution in [0.3, 0.4) is 0 Å². The summed E-state index contributed by atoms with van der Waals surface area (Å²) in [6.07, 6.45) is 1.54. The van der Waals surface area contributed by atoms with E-state index in [-0.39, 0.29) is 16.7 Å². The Kier molecular flexibility index (Phi) is 5.05. The van der Waals surface area contributed by atoms with Crippen molar-refractivity contribution in [2.24, 2.45) is 10.3 Å². The Balaban J connectivity index is 1.28. The number of rotatable bonds is 3. The van der Waals surface area contributed by atoms with Gasteiger partial charge in [-0.1, -0.05) is 24.3 Å². The van der Waals surface area contributed by atoms with Crippen LogP contribution < -0.4 is 14.8 Å². The fourth-order valence-corrected chi connectivity index (χ4v) is 5.53. The van der Waals surface area contributed by atoms with Gasteiger partial charge in [-0.3, -0.25) is 4.79 Å². The molecule has 1 unspecified atom stereocenters. The molecule has 0 radical (unpaired) electrons. The van der Waals surface area contributed by atoms with Crippen molar-refractivity contribution in [2.45, 2.75) is 24.3 Å². The maximum atomic E-state index is 12.9. The largest absolute Gasteiger partial charge is 0.486 e. The summed E-state index contributed by atoms with van der Waals surface area (Å²) in [6, 6.07) is 12.5. The van der Waals surface area contributed by atoms with Gasteiger partial charge in [-0.25, -0.2) is 0 Å². The lowest BCUT2D eigenvalue weighted by Gasteiger charge is -2.33. The second kappa shape index (κ2) is 7.88. The van der Waals surface area contributed by atoms with E-state index in [0.29, 0.717) is 55.7 Å². The van der Waals surface area contributed by atoms with Crippen LogP contribution in [-0.4, -0.2) is 51.4 Å². The van der Waals surface area contributed by atoms with Gasteiger partial charge in [0.1, 0.15) is 18.1 Å². The van der Waals surface area contributed by atoms with E-state index >= 15 is 0 Å². The number of nitrogens with zero attached hydrogens (tertiary/aromatic N) is 2. The zero-order valence-electron chi connectivity index (χ0n) is 16.9. The lowest BCUT2D eigenvalue weighted by Crippen LogP contribution is -2.45. The number of hydrogen-bond donors (Lipinski definition) is 1. The highest BCUT2D eigenvalue weighted by Gasteiger charge is 2.35. The zero-order chi connectivity index (χ0) is 21.4. The molecule has 0 aliphatic carbocycles. The van der Waals surface area contributed by atoms with Gasteiger partial charge in [-0.2, -0.15) is 8.42 Å². The summed E-state index contributed by atoms with van der Waals surface area (Å²) in [5.41, 5.74) is 1.48. The summed E-state index contributed by atoms with van der Waals surface area (Å²) in [6.45, 7) is 2.45. The molecule has 3 aliphatic rings. The molecule has 0 saturated carbocycles. The second-order valence-corrected chi connectivity index (χ2v) is 9.40. The summed E-state index contributed by atoms with van der Waals surface area (Å²) < 4.78 is 40.1. The van der Waals surface area contributed by atoms with Crippen LogP contribution in [0.4, 0.5) is 0 Å². The number of benzene rings is 2. The van der Waals surface area contributed by atoms with Gasteiger partial charge in [0.15, 0.2) is 17.3 Å². The van der Waals surface area contributed by atoms with Crippen molar-refractivity contribution in [3.63, 3.8) is 0 Å². The van der Waals surface area contributed by atoms with E-state index in [1.165, 1.54) is 0 Å². The number of sulfonamides is 1. The SMILES string of the molecule is O=C(NCc1cccc2c1OCCO2)C1CCCN(C2=NS(=O)(=O)c3ccccc32)C1. The lowest BCUT2D eigenvalue weighted by molar-refractivity contribution is -0.126. The van der Waals surface area contributed by atoms with E-state index in [1.54, 1.807) is 24.3 Å². The summed E-state index contributed by atoms with van der Waals surface area (Å²) in [5, 5.41) is 3.01. The highest BCUT2D eigenvalue weighted by molar-refractivity contribution is 7.90. The first kappa shape index (κ1) is 19.9. The van der Waals surface area contributed by atoms with E-state index < -0.39 is 10.0 Å². The van der Waals surface area contributed by atoms with Crippen LogP contribution in [0, 0.1) is 5.92 Å². The van der Waals surface area contributed by atoms with Crippen LogP contribution in [0.25, 0.3) is 0 Å². The van der Waals surface area contributed by atoms with Crippen molar-refractivity contribution in [3.8, 4) is 11.5 Å². The molecule has 0 bridgehead atoms. The molecule has 0 aromatic heterocycles. The molecular formula is C22H23N3O5S. The Morgan fingerprint density at radius 1 is 1.13 bits per heavy atom. The molecule has 9 heteroatoms. The van der Waals surface area contributed by atoms with Crippen molar-refractivity contribution >= 4 is 21.8 Å². The Morgan fingerprint density at radius 3 is 2.87 bits per heavy atom. The van der Waals surface area contributed by atoms with Crippen LogP contribution in [0.15, 0.2) is 51.8 Å². The molecule has 2 aromatic rings. The topological polar surface area (TPSA) is 97.3 Å². The third kappa shape index (κ3) is 3.74. The first-order valence-electron chi connectivity index (χ1n) is 10.4. The Bertz CT molecular complexity index is 1160. The number of piperidine rings is 1. The van der Waals surface area contributed by atoms with Gasteiger partial charge in [0, 0.05) is 30.8 Å². The number of nitrogens with one attached hydrogen (secondary N) is 1. The van der Waals surface area contributed by atoms with Gasteiger partial charge in [-0.05, 0) is 31.0 Å². The molecule has 3 aliphatic heterocycles. The highest BCUT2D eigenvalue weighted by atomic mass is 32.2. The molecule has 162 valence electrons. The third-order valence-electron chi connectivity index (χ3n) is 5.81. The zero-order valence-corrected chi connectivity index (χ0v) is 17.7. The van der Waals surface area contributed by atoms with Gasteiger partial charge in [0.05, 0.1) is 5.92 Å². The molecule has 1 saturated heterocycles. The number of carbonyl (C=O) groups excluding carboxylic acids is 1. The summed E-state index contributed by atoms with van der Waals surface area (Å²) in [5.74, 6) is 1.51. The van der Waals surface area contributed by atoms with Crippen molar-refractivity contribution in [2.75, 3.05) is 26.3 Å². The van der Waals surface area contributed by atoms with Crippen molar-refractivity contribution < 1.29 is 22.7 Å². The van der Waals surface area contributed by atoms with E-state index in [0.717, 1.165) is 18.4 Å². The highest BCUT2D eigenvalue weighted by Crippen LogP contribution is 2.34. The van der Waals surface area contributed by atoms with Crippen LogP contribution in [0.5, 0.6) is 11.5 Å². The monoisotopic (exact) mass is 441 g/mol. The molecule has 1 amide bonds. The third-order valence-corrected chi connectivity index (χ3v) is 7.13. The van der Waals surface area contributed by atoms with Crippen molar-refractivity contribution in [1.82, 2.24) is 10.2 Å². The van der Waals surface area contributed by atoms with E-state index in [9.17, 15) is 13.2 Å². The average Bonchev–Trinajstić information content (AvgIpc) is 3.08. The fraction of sp³-hybridized carbons (Fsp3) is 0.364. The molecular weight excluding hydrogens is 418 g/mol. The molecule has 1 atom stereocenters. The molecule has 1 N–H and O–H groups in total. The minimum absolute atomic E-state index is 0.0613. The van der Waals surface area contributed by atoms with Crippen molar-refractivity contribution in [3.05, 3.63) is 53.6 Å². The maximum absolute atomic E-state index is 12.9. The molecule has 5 rings (SSSR count). The number of amidine groups is 1. The second-order valence-electron chi connectivity index (χ2n) is 7.83. The number of fused-ring (bicyclic) bond motifs is 2. The van der Waals surface area contributed by atoms with Crippen molar-refractivity contribution in [1.29, 1.82) is 0 Å². The molecule has 1 fully saturated rings. The first-order chi connectivity index (χ1) is 15.0. The number of carbonyl (C=O) groups is 1. The number of hydrogen-bond acceptors (Lipinski definition) is 6. The molecule has 0 spiro atoms. The molecule has 31 heavy (non-hydrogen) atoms. The fourth-order valence-electron chi connectivity index (χ4n) is 4.30. The van der Waals surface area contributed by atoms with Crippen LogP contribution in [-0.2, 0) is 21.4 Å². The Morgan fingerprint density at radius 2 is 1.97 bits per heavy atom. The summed E-state index contributed by atoms with van der Waals surface area (Å²) in [4.78, 5) is 15.0. The normalized spacial score (nSPS) is 21.2. The summed E-state index contributed by atoms with van der Waals surface area (Å²) in [7, 11) is -3.68. The lowest BCUT2D eigenvalue weighted by atomic mass is 9.96. The predicted octanol–water partition coefficient (Wildman–Crippen LogP) is 1.94. The van der Waals surface area contributed by atoms with Gasteiger partial charge >= 0.3 is 0 Å². The molecule has 8 nitrogen and oxygen atoms in total. The number of ether oxygens (including phenoxy) is 2. The van der Waals surface area contributed by atoms with Crippen LogP contribution in [0.1, 0.15) is 24.0 Å². The number of likely N-dealkylation sites (tertiary alicyclic amines) is 1. The molecule has 3 heterocycles. The van der Waals surface area contributed by atoms with E-state index in [2.05, 4.69) is 9.71 Å². The van der Waals surface area contributed by atoms with Gasteiger partial charge < -0.3 is 19.7 Å². The minimum atomic E-state index is -3.68. The quantitative estimate of drug-likeness (QED) is 0.782. The maximum Gasteiger partial charge on any atom is 0.285 e. The molecule has 2 aromatic carbocycles. The van der Waals surface area contributed by atoms with Crippen LogP contribution in [0.2, 0.25) is 0 Å². The average molecular weight is 442 g/mol. The smallest absolute Gasteiger partial charge is 0.285 e. The Hall–Kier alpha value is -3.07. The van der Waals surface area contributed by atoms with Gasteiger partial charge in [0.2, 0.25) is 5.91 Å². The van der Waals surface area contributed by atoms with E-state index in [4.69, 9.17) is 9.47 Å². The first-order valence-corrected chi connectivity index (χ1v) is 11.8. The number of amides is 1. The van der Waals surface area contributed by atoms with E-state index in [1.807, 2.05) is 23.1 Å². The van der Waals surface area contributed by atoms with Gasteiger partial charge in [-0.15, -0.1) is 4.40 Å². The van der Waals surface area contributed by atoms with Crippen LogP contribution >= 0.6 is 0 Å². The standard InChI is InChI=1S/C22H23N3O5S/c26-22(23-13-15-5-3-8-18-20(15)30-12-11-29-18)16-6-4-10-25(14-16)21-17-7-1-2-9-19(17)31(27,28)24-21/h1-3,5,7-9,16H,4,6,10-14H2,(H,23,26). The number of para-hydroxylation sites is 1. The van der Waals surface area contributed by atoms with Gasteiger partial charge in [0.25, 0.3) is 10.0 Å². The predicted molar refractivity (Wildman–Crippen MR) is 114 cm³/mol. The Labute approximate surface area is 180 Å². The summed E-state index contributed by atoms with van der Waals surface area (Å²) >= 11 is 0.